The zero-order valence-corrected chi connectivity index (χ0v) is 15.5. The molecule has 0 radical (unpaired) electrons. The molecule has 2 aliphatic heterocycles. The monoisotopic (exact) mass is 343 g/mol. The fourth-order valence-electron chi connectivity index (χ4n) is 4.06. The molecule has 0 bridgehead atoms. The van der Waals surface area contributed by atoms with Crippen LogP contribution in [0.2, 0.25) is 0 Å². The number of nitrogens with zero attached hydrogens (tertiary/aromatic N) is 2. The average molecular weight is 343 g/mol. The third-order valence-electron chi connectivity index (χ3n) is 5.70. The number of rotatable bonds is 5. The van der Waals surface area contributed by atoms with Gasteiger partial charge in [0.25, 0.3) is 0 Å². The van der Waals surface area contributed by atoms with Gasteiger partial charge in [-0.15, -0.1) is 0 Å². The van der Waals surface area contributed by atoms with Gasteiger partial charge in [-0.25, -0.2) is 0 Å². The van der Waals surface area contributed by atoms with Crippen LogP contribution in [0.3, 0.4) is 0 Å². The minimum Gasteiger partial charge on any atom is -0.344 e. The number of hydrogen-bond donors (Lipinski definition) is 1. The number of hydrogen-bond acceptors (Lipinski definition) is 3. The summed E-state index contributed by atoms with van der Waals surface area (Å²) in [6, 6.07) is 10.1. The molecule has 2 fully saturated rings. The number of carbonyl (C=O) groups is 2. The van der Waals surface area contributed by atoms with E-state index in [2.05, 4.69) is 24.1 Å². The zero-order valence-electron chi connectivity index (χ0n) is 15.5. The predicted molar refractivity (Wildman–Crippen MR) is 97.8 cm³/mol. The van der Waals surface area contributed by atoms with Gasteiger partial charge in [0.1, 0.15) is 6.04 Å². The first-order valence-electron chi connectivity index (χ1n) is 9.33. The van der Waals surface area contributed by atoms with E-state index in [1.165, 1.54) is 0 Å². The lowest BCUT2D eigenvalue weighted by Gasteiger charge is -2.25. The molecular weight excluding hydrogens is 314 g/mol. The summed E-state index contributed by atoms with van der Waals surface area (Å²) in [6.45, 7) is 9.25. The SMILES string of the molecule is CCN(Cc1ccccc1)C(=O)[C@@H]1C[C@@]2(CCN(C(C)C)C2)C(=O)N1. The quantitative estimate of drug-likeness (QED) is 0.890. The van der Waals surface area contributed by atoms with Crippen molar-refractivity contribution in [3.8, 4) is 0 Å². The molecule has 0 aromatic heterocycles. The first kappa shape index (κ1) is 17.9. The summed E-state index contributed by atoms with van der Waals surface area (Å²) in [5, 5.41) is 2.99. The lowest BCUT2D eigenvalue weighted by molar-refractivity contribution is -0.134. The normalized spacial score (nSPS) is 26.4. The third-order valence-corrected chi connectivity index (χ3v) is 5.70. The van der Waals surface area contributed by atoms with Gasteiger partial charge in [-0.2, -0.15) is 0 Å². The fraction of sp³-hybridized carbons (Fsp3) is 0.600. The fourth-order valence-corrected chi connectivity index (χ4v) is 4.06. The van der Waals surface area contributed by atoms with Crippen LogP contribution in [0.5, 0.6) is 0 Å². The second-order valence-corrected chi connectivity index (χ2v) is 7.66. The second-order valence-electron chi connectivity index (χ2n) is 7.66. The largest absolute Gasteiger partial charge is 0.344 e. The lowest BCUT2D eigenvalue weighted by atomic mass is 9.83. The number of carbonyl (C=O) groups excluding carboxylic acids is 2. The van der Waals surface area contributed by atoms with Crippen LogP contribution in [0.4, 0.5) is 0 Å². The summed E-state index contributed by atoms with van der Waals surface area (Å²) in [5.74, 6) is 0.101. The highest BCUT2D eigenvalue weighted by Crippen LogP contribution is 2.40. The highest BCUT2D eigenvalue weighted by atomic mass is 16.2. The molecule has 0 unspecified atom stereocenters. The molecule has 1 aromatic carbocycles. The summed E-state index contributed by atoms with van der Waals surface area (Å²) in [4.78, 5) is 29.8. The first-order chi connectivity index (χ1) is 11.9. The van der Waals surface area contributed by atoms with Gasteiger partial charge in [-0.3, -0.25) is 14.5 Å². The van der Waals surface area contributed by atoms with Crippen molar-refractivity contribution in [1.29, 1.82) is 0 Å². The van der Waals surface area contributed by atoms with E-state index in [0.29, 0.717) is 25.6 Å². The summed E-state index contributed by atoms with van der Waals surface area (Å²) >= 11 is 0. The summed E-state index contributed by atoms with van der Waals surface area (Å²) < 4.78 is 0. The van der Waals surface area contributed by atoms with Gasteiger partial charge in [0.2, 0.25) is 11.8 Å². The van der Waals surface area contributed by atoms with Gasteiger partial charge in [0, 0.05) is 25.7 Å². The maximum atomic E-state index is 13.0. The van der Waals surface area contributed by atoms with Crippen LogP contribution in [0.1, 0.15) is 39.2 Å². The molecule has 5 nitrogen and oxygen atoms in total. The highest BCUT2D eigenvalue weighted by Gasteiger charge is 2.53. The van der Waals surface area contributed by atoms with E-state index in [9.17, 15) is 9.59 Å². The number of nitrogens with one attached hydrogen (secondary N) is 1. The molecule has 2 amide bonds. The van der Waals surface area contributed by atoms with Crippen molar-refractivity contribution < 1.29 is 9.59 Å². The van der Waals surface area contributed by atoms with Gasteiger partial charge in [0.05, 0.1) is 5.41 Å². The van der Waals surface area contributed by atoms with Crippen molar-refractivity contribution in [1.82, 2.24) is 15.1 Å². The van der Waals surface area contributed by atoms with Crippen LogP contribution in [0.25, 0.3) is 0 Å². The molecule has 5 heteroatoms. The molecule has 25 heavy (non-hydrogen) atoms. The maximum Gasteiger partial charge on any atom is 0.245 e. The van der Waals surface area contributed by atoms with Crippen molar-refractivity contribution in [2.75, 3.05) is 19.6 Å². The Labute approximate surface area is 150 Å². The Hall–Kier alpha value is -1.88. The maximum absolute atomic E-state index is 13.0. The summed E-state index contributed by atoms with van der Waals surface area (Å²) in [6.07, 6.45) is 1.48. The first-order valence-corrected chi connectivity index (χ1v) is 9.33. The molecule has 0 saturated carbocycles. The van der Waals surface area contributed by atoms with Crippen molar-refractivity contribution in [2.45, 2.75) is 52.2 Å². The molecule has 2 heterocycles. The summed E-state index contributed by atoms with van der Waals surface area (Å²) in [5.41, 5.74) is 0.736. The third kappa shape index (κ3) is 3.56. The number of likely N-dealkylation sites (tertiary alicyclic amines) is 1. The van der Waals surface area contributed by atoms with Crippen LogP contribution in [0, 0.1) is 5.41 Å². The molecule has 0 aliphatic carbocycles. The van der Waals surface area contributed by atoms with Gasteiger partial charge in [-0.1, -0.05) is 30.3 Å². The van der Waals surface area contributed by atoms with Crippen LogP contribution in [-0.4, -0.2) is 53.3 Å². The van der Waals surface area contributed by atoms with Crippen LogP contribution in [0.15, 0.2) is 30.3 Å². The molecule has 1 N–H and O–H groups in total. The van der Waals surface area contributed by atoms with E-state index >= 15 is 0 Å². The van der Waals surface area contributed by atoms with E-state index in [1.807, 2.05) is 42.2 Å². The second kappa shape index (κ2) is 7.16. The van der Waals surface area contributed by atoms with Gasteiger partial charge in [0.15, 0.2) is 0 Å². The molecule has 2 aliphatic rings. The van der Waals surface area contributed by atoms with E-state index in [4.69, 9.17) is 0 Å². The minimum absolute atomic E-state index is 0.0413. The Morgan fingerprint density at radius 2 is 2.08 bits per heavy atom. The smallest absolute Gasteiger partial charge is 0.245 e. The van der Waals surface area contributed by atoms with E-state index in [-0.39, 0.29) is 23.3 Å². The average Bonchev–Trinajstić information content (AvgIpc) is 3.18. The van der Waals surface area contributed by atoms with Crippen molar-refractivity contribution in [3.05, 3.63) is 35.9 Å². The Morgan fingerprint density at radius 1 is 1.36 bits per heavy atom. The predicted octanol–water partition coefficient (Wildman–Crippen LogP) is 2.02. The molecule has 3 rings (SSSR count). The molecule has 2 atom stereocenters. The molecule has 136 valence electrons. The Bertz CT molecular complexity index is 631. The van der Waals surface area contributed by atoms with Crippen LogP contribution in [-0.2, 0) is 16.1 Å². The Balaban J connectivity index is 1.68. The minimum atomic E-state index is -0.386. The highest BCUT2D eigenvalue weighted by molar-refractivity contribution is 5.94. The van der Waals surface area contributed by atoms with Crippen molar-refractivity contribution >= 4 is 11.8 Å². The van der Waals surface area contributed by atoms with Crippen LogP contribution >= 0.6 is 0 Å². The molecule has 1 aromatic rings. The van der Waals surface area contributed by atoms with Gasteiger partial charge < -0.3 is 10.2 Å². The Morgan fingerprint density at radius 3 is 2.68 bits per heavy atom. The zero-order chi connectivity index (χ0) is 18.0. The van der Waals surface area contributed by atoms with E-state index in [0.717, 1.165) is 25.1 Å². The lowest BCUT2D eigenvalue weighted by Crippen LogP contribution is -2.44. The van der Waals surface area contributed by atoms with E-state index in [1.54, 1.807) is 0 Å². The standard InChI is InChI=1S/C20H29N3O2/c1-4-22(13-16-8-6-5-7-9-16)18(24)17-12-20(19(25)21-17)10-11-23(14-20)15(2)3/h5-9,15,17H,4,10-14H2,1-3H3,(H,21,25)/t17-,20+/m0/s1. The molecule has 1 spiro atoms. The Kier molecular flexibility index (Phi) is 5.13. The number of likely N-dealkylation sites (N-methyl/N-ethyl adjacent to an activating group) is 1. The topological polar surface area (TPSA) is 52.7 Å². The van der Waals surface area contributed by atoms with Gasteiger partial charge in [-0.05, 0) is 45.7 Å². The van der Waals surface area contributed by atoms with Gasteiger partial charge >= 0.3 is 0 Å². The summed E-state index contributed by atoms with van der Waals surface area (Å²) in [7, 11) is 0. The van der Waals surface area contributed by atoms with E-state index < -0.39 is 0 Å². The molecular formula is C20H29N3O2. The van der Waals surface area contributed by atoms with Crippen molar-refractivity contribution in [3.63, 3.8) is 0 Å². The van der Waals surface area contributed by atoms with Crippen LogP contribution < -0.4 is 5.32 Å². The molecule has 2 saturated heterocycles. The number of amides is 2. The van der Waals surface area contributed by atoms with Crippen molar-refractivity contribution in [2.24, 2.45) is 5.41 Å². The number of benzene rings is 1.